The van der Waals surface area contributed by atoms with Crippen molar-refractivity contribution in [1.29, 1.82) is 0 Å². The van der Waals surface area contributed by atoms with Gasteiger partial charge in [0.15, 0.2) is 5.12 Å². The van der Waals surface area contributed by atoms with Crippen LogP contribution in [-0.4, -0.2) is 15.4 Å². The van der Waals surface area contributed by atoms with Crippen LogP contribution >= 0.6 is 11.8 Å². The van der Waals surface area contributed by atoms with Gasteiger partial charge in [-0.05, 0) is 23.8 Å². The van der Waals surface area contributed by atoms with Crippen LogP contribution in [0.1, 0.15) is 12.5 Å². The Labute approximate surface area is 105 Å². The average molecular weight is 245 g/mol. The first kappa shape index (κ1) is 12.0. The van der Waals surface area contributed by atoms with E-state index in [0.29, 0.717) is 0 Å². The van der Waals surface area contributed by atoms with E-state index in [4.69, 9.17) is 0 Å². The summed E-state index contributed by atoms with van der Waals surface area (Å²) in [5.74, 6) is 0.738. The van der Waals surface area contributed by atoms with E-state index in [2.05, 4.69) is 41.1 Å². The number of hydrogen-bond donors (Lipinski definition) is 0. The Kier molecular flexibility index (Phi) is 3.69. The van der Waals surface area contributed by atoms with Crippen LogP contribution in [0.25, 0.3) is 17.0 Å². The third-order valence-electron chi connectivity index (χ3n) is 2.60. The van der Waals surface area contributed by atoms with Crippen molar-refractivity contribution in [3.63, 3.8) is 0 Å². The molecule has 0 saturated heterocycles. The molecule has 2 rings (SSSR count). The third kappa shape index (κ3) is 3.01. The maximum Gasteiger partial charge on any atom is 0.186 e. The van der Waals surface area contributed by atoms with Gasteiger partial charge in [-0.1, -0.05) is 30.0 Å². The number of hydrogen-bond acceptors (Lipinski definition) is 2. The second-order valence-electron chi connectivity index (χ2n) is 3.95. The molecule has 1 aromatic heterocycles. The SMILES string of the molecule is CC(=O)SCC=Cc1ccc2c(ccn2C)c1. The summed E-state index contributed by atoms with van der Waals surface area (Å²) in [5.41, 5.74) is 2.41. The Morgan fingerprint density at radius 1 is 1.41 bits per heavy atom. The highest BCUT2D eigenvalue weighted by Crippen LogP contribution is 2.17. The van der Waals surface area contributed by atoms with E-state index in [9.17, 15) is 4.79 Å². The van der Waals surface area contributed by atoms with Crippen LogP contribution in [0, 0.1) is 0 Å². The van der Waals surface area contributed by atoms with E-state index >= 15 is 0 Å². The summed E-state index contributed by atoms with van der Waals surface area (Å²) in [7, 11) is 2.04. The average Bonchev–Trinajstić information content (AvgIpc) is 2.66. The van der Waals surface area contributed by atoms with Gasteiger partial charge in [-0.15, -0.1) is 0 Å². The highest BCUT2D eigenvalue weighted by atomic mass is 32.2. The fourth-order valence-electron chi connectivity index (χ4n) is 1.75. The number of fused-ring (bicyclic) bond motifs is 1. The van der Waals surface area contributed by atoms with E-state index in [1.54, 1.807) is 6.92 Å². The van der Waals surface area contributed by atoms with Gasteiger partial charge < -0.3 is 4.57 Å². The van der Waals surface area contributed by atoms with Crippen molar-refractivity contribution in [3.8, 4) is 0 Å². The molecular formula is C14H15NOS. The Morgan fingerprint density at radius 2 is 2.24 bits per heavy atom. The highest BCUT2D eigenvalue weighted by Gasteiger charge is 1.97. The lowest BCUT2D eigenvalue weighted by molar-refractivity contribution is -0.109. The molecule has 0 N–H and O–H groups in total. The number of aromatic nitrogens is 1. The van der Waals surface area contributed by atoms with Crippen LogP contribution in [0.15, 0.2) is 36.5 Å². The van der Waals surface area contributed by atoms with Crippen LogP contribution < -0.4 is 0 Å². The zero-order chi connectivity index (χ0) is 12.3. The summed E-state index contributed by atoms with van der Waals surface area (Å²) < 4.78 is 2.11. The van der Waals surface area contributed by atoms with E-state index in [0.717, 1.165) is 5.75 Å². The molecule has 0 atom stereocenters. The minimum Gasteiger partial charge on any atom is -0.351 e. The number of carbonyl (C=O) groups is 1. The van der Waals surface area contributed by atoms with Gasteiger partial charge in [-0.3, -0.25) is 4.79 Å². The lowest BCUT2D eigenvalue weighted by Gasteiger charge is -1.97. The predicted octanol–water partition coefficient (Wildman–Crippen LogP) is 3.47. The van der Waals surface area contributed by atoms with Crippen molar-refractivity contribution in [2.45, 2.75) is 6.92 Å². The number of aryl methyl sites for hydroxylation is 1. The van der Waals surface area contributed by atoms with Crippen molar-refractivity contribution < 1.29 is 4.79 Å². The molecule has 0 radical (unpaired) electrons. The summed E-state index contributed by atoms with van der Waals surface area (Å²) in [6, 6.07) is 8.48. The van der Waals surface area contributed by atoms with Gasteiger partial charge in [0.2, 0.25) is 0 Å². The molecule has 1 heterocycles. The summed E-state index contributed by atoms with van der Waals surface area (Å²) in [6.45, 7) is 1.59. The fourth-order valence-corrected chi connectivity index (χ4v) is 2.18. The van der Waals surface area contributed by atoms with Crippen LogP contribution in [0.3, 0.4) is 0 Å². The molecule has 0 amide bonds. The van der Waals surface area contributed by atoms with Crippen molar-refractivity contribution in [2.75, 3.05) is 5.75 Å². The van der Waals surface area contributed by atoms with Gasteiger partial charge in [0.1, 0.15) is 0 Å². The van der Waals surface area contributed by atoms with Crippen molar-refractivity contribution in [1.82, 2.24) is 4.57 Å². The van der Waals surface area contributed by atoms with Gasteiger partial charge in [-0.2, -0.15) is 0 Å². The first-order chi connectivity index (χ1) is 8.16. The zero-order valence-electron chi connectivity index (χ0n) is 10.0. The lowest BCUT2D eigenvalue weighted by atomic mass is 10.1. The Bertz CT molecular complexity index is 569. The molecule has 0 unspecified atom stereocenters. The lowest BCUT2D eigenvalue weighted by Crippen LogP contribution is -1.83. The molecule has 0 bridgehead atoms. The van der Waals surface area contributed by atoms with E-state index in [1.165, 1.54) is 28.2 Å². The second kappa shape index (κ2) is 5.23. The minimum absolute atomic E-state index is 0.160. The monoisotopic (exact) mass is 245 g/mol. The van der Waals surface area contributed by atoms with Crippen LogP contribution in [0.5, 0.6) is 0 Å². The predicted molar refractivity (Wildman–Crippen MR) is 75.1 cm³/mol. The summed E-state index contributed by atoms with van der Waals surface area (Å²) in [5, 5.41) is 1.40. The van der Waals surface area contributed by atoms with Crippen molar-refractivity contribution >= 4 is 33.9 Å². The Hall–Kier alpha value is -1.48. The molecule has 0 spiro atoms. The molecule has 17 heavy (non-hydrogen) atoms. The smallest absolute Gasteiger partial charge is 0.186 e. The number of rotatable bonds is 3. The highest BCUT2D eigenvalue weighted by molar-refractivity contribution is 8.13. The Morgan fingerprint density at radius 3 is 3.00 bits per heavy atom. The van der Waals surface area contributed by atoms with E-state index in [-0.39, 0.29) is 5.12 Å². The van der Waals surface area contributed by atoms with Gasteiger partial charge in [0, 0.05) is 36.8 Å². The minimum atomic E-state index is 0.160. The van der Waals surface area contributed by atoms with Crippen LogP contribution in [0.4, 0.5) is 0 Å². The normalized spacial score (nSPS) is 11.4. The fraction of sp³-hybridized carbons (Fsp3) is 0.214. The maximum atomic E-state index is 10.8. The van der Waals surface area contributed by atoms with Crippen molar-refractivity contribution in [3.05, 3.63) is 42.1 Å². The quantitative estimate of drug-likeness (QED) is 0.826. The number of thioether (sulfide) groups is 1. The van der Waals surface area contributed by atoms with Gasteiger partial charge in [0.05, 0.1) is 0 Å². The molecule has 0 aliphatic heterocycles. The number of benzene rings is 1. The second-order valence-corrected chi connectivity index (χ2v) is 5.15. The molecule has 1 aromatic carbocycles. The summed E-state index contributed by atoms with van der Waals surface area (Å²) in [4.78, 5) is 10.8. The largest absolute Gasteiger partial charge is 0.351 e. The first-order valence-corrected chi connectivity index (χ1v) is 6.50. The number of carbonyl (C=O) groups excluding carboxylic acids is 1. The maximum absolute atomic E-state index is 10.8. The van der Waals surface area contributed by atoms with Crippen LogP contribution in [0.2, 0.25) is 0 Å². The van der Waals surface area contributed by atoms with Crippen LogP contribution in [-0.2, 0) is 11.8 Å². The molecular weight excluding hydrogens is 230 g/mol. The first-order valence-electron chi connectivity index (χ1n) is 5.52. The standard InChI is InChI=1S/C14H15NOS/c1-11(16)17-9-3-4-12-5-6-14-13(10-12)7-8-15(14)2/h3-8,10H,9H2,1-2H3. The molecule has 0 fully saturated rings. The van der Waals surface area contributed by atoms with Crippen molar-refractivity contribution in [2.24, 2.45) is 7.05 Å². The molecule has 2 aromatic rings. The van der Waals surface area contributed by atoms with E-state index in [1.807, 2.05) is 13.1 Å². The van der Waals surface area contributed by atoms with Gasteiger partial charge in [-0.25, -0.2) is 0 Å². The molecule has 3 heteroatoms. The molecule has 2 nitrogen and oxygen atoms in total. The number of nitrogens with zero attached hydrogens (tertiary/aromatic N) is 1. The summed E-state index contributed by atoms with van der Waals surface area (Å²) in [6.07, 6.45) is 6.14. The van der Waals surface area contributed by atoms with Gasteiger partial charge >= 0.3 is 0 Å². The summed E-state index contributed by atoms with van der Waals surface area (Å²) >= 11 is 1.33. The third-order valence-corrected chi connectivity index (χ3v) is 3.37. The molecule has 88 valence electrons. The molecule has 0 aliphatic carbocycles. The van der Waals surface area contributed by atoms with Gasteiger partial charge in [0.25, 0.3) is 0 Å². The molecule has 0 saturated carbocycles. The molecule has 0 aliphatic rings. The Balaban J connectivity index is 2.11. The zero-order valence-corrected chi connectivity index (χ0v) is 10.8. The van der Waals surface area contributed by atoms with E-state index < -0.39 is 0 Å². The topological polar surface area (TPSA) is 22.0 Å².